The summed E-state index contributed by atoms with van der Waals surface area (Å²) in [5.41, 5.74) is 6.61. The molecular formula is C11H17NO3. The first-order chi connectivity index (χ1) is 7.10. The lowest BCUT2D eigenvalue weighted by atomic mass is 10.0. The largest absolute Gasteiger partial charge is 0.497 e. The van der Waals surface area contributed by atoms with Gasteiger partial charge in [0, 0.05) is 11.6 Å². The van der Waals surface area contributed by atoms with Crippen molar-refractivity contribution in [3.63, 3.8) is 0 Å². The molecule has 0 saturated heterocycles. The van der Waals surface area contributed by atoms with E-state index < -0.39 is 12.1 Å². The van der Waals surface area contributed by atoms with Gasteiger partial charge < -0.3 is 20.3 Å². The first-order valence-electron chi connectivity index (χ1n) is 4.75. The van der Waals surface area contributed by atoms with Gasteiger partial charge in [-0.15, -0.1) is 0 Å². The molecule has 0 amide bonds. The molecule has 0 spiro atoms. The molecule has 84 valence electrons. The fourth-order valence-corrected chi connectivity index (χ4v) is 1.35. The first-order valence-corrected chi connectivity index (χ1v) is 4.75. The molecule has 1 aromatic carbocycles. The second kappa shape index (κ2) is 5.00. The Labute approximate surface area is 89.6 Å². The molecule has 1 aromatic rings. The van der Waals surface area contributed by atoms with Gasteiger partial charge in [-0.1, -0.05) is 0 Å². The molecule has 0 heterocycles. The van der Waals surface area contributed by atoms with E-state index >= 15 is 0 Å². The molecule has 0 saturated carbocycles. The average Bonchev–Trinajstić information content (AvgIpc) is 2.27. The predicted molar refractivity (Wildman–Crippen MR) is 58.2 cm³/mol. The second-order valence-corrected chi connectivity index (χ2v) is 3.37. The van der Waals surface area contributed by atoms with Gasteiger partial charge in [-0.3, -0.25) is 0 Å². The summed E-state index contributed by atoms with van der Waals surface area (Å²) in [6, 6.07) is 4.89. The van der Waals surface area contributed by atoms with E-state index in [1.54, 1.807) is 39.3 Å². The molecule has 0 radical (unpaired) electrons. The standard InChI is InChI=1S/C11H17NO3/c1-7(13)11(12)9-5-4-8(14-2)6-10(9)15-3/h4-7,11,13H,12H2,1-3H3/t7-,11+/m0/s1. The van der Waals surface area contributed by atoms with Crippen molar-refractivity contribution in [3.05, 3.63) is 23.8 Å². The summed E-state index contributed by atoms with van der Waals surface area (Å²) >= 11 is 0. The van der Waals surface area contributed by atoms with E-state index in [9.17, 15) is 5.11 Å². The molecule has 0 aliphatic rings. The van der Waals surface area contributed by atoms with Crippen LogP contribution < -0.4 is 15.2 Å². The minimum Gasteiger partial charge on any atom is -0.497 e. The lowest BCUT2D eigenvalue weighted by molar-refractivity contribution is 0.162. The van der Waals surface area contributed by atoms with Gasteiger partial charge in [-0.2, -0.15) is 0 Å². The third-order valence-electron chi connectivity index (χ3n) is 2.32. The van der Waals surface area contributed by atoms with Crippen molar-refractivity contribution in [2.45, 2.75) is 19.1 Å². The molecule has 2 atom stereocenters. The summed E-state index contributed by atoms with van der Waals surface area (Å²) in [5.74, 6) is 1.33. The summed E-state index contributed by atoms with van der Waals surface area (Å²) in [6.45, 7) is 1.65. The fourth-order valence-electron chi connectivity index (χ4n) is 1.35. The minimum atomic E-state index is -0.618. The van der Waals surface area contributed by atoms with Crippen molar-refractivity contribution in [2.75, 3.05) is 14.2 Å². The molecule has 0 aliphatic carbocycles. The molecule has 3 N–H and O–H groups in total. The SMILES string of the molecule is COc1ccc([C@H](N)[C@H](C)O)c(OC)c1. The third kappa shape index (κ3) is 2.61. The lowest BCUT2D eigenvalue weighted by Crippen LogP contribution is -2.23. The number of aliphatic hydroxyl groups is 1. The van der Waals surface area contributed by atoms with E-state index in [1.165, 1.54) is 0 Å². The molecule has 15 heavy (non-hydrogen) atoms. The monoisotopic (exact) mass is 211 g/mol. The van der Waals surface area contributed by atoms with Gasteiger partial charge in [0.15, 0.2) is 0 Å². The minimum absolute atomic E-state index is 0.453. The summed E-state index contributed by atoms with van der Waals surface area (Å²) in [5, 5.41) is 9.41. The molecule has 1 rings (SSSR count). The zero-order chi connectivity index (χ0) is 11.4. The van der Waals surface area contributed by atoms with Crippen LogP contribution in [0.1, 0.15) is 18.5 Å². The molecule has 0 aliphatic heterocycles. The van der Waals surface area contributed by atoms with Gasteiger partial charge in [-0.05, 0) is 19.1 Å². The number of rotatable bonds is 4. The van der Waals surface area contributed by atoms with Crippen molar-refractivity contribution < 1.29 is 14.6 Å². The van der Waals surface area contributed by atoms with E-state index in [0.29, 0.717) is 11.5 Å². The normalized spacial score (nSPS) is 14.5. The van der Waals surface area contributed by atoms with Crippen LogP contribution in [0, 0.1) is 0 Å². The van der Waals surface area contributed by atoms with Crippen LogP contribution in [0.5, 0.6) is 11.5 Å². The highest BCUT2D eigenvalue weighted by Crippen LogP contribution is 2.29. The predicted octanol–water partition coefficient (Wildman–Crippen LogP) is 1.08. The molecule has 4 heteroatoms. The van der Waals surface area contributed by atoms with E-state index in [0.717, 1.165) is 5.56 Å². The average molecular weight is 211 g/mol. The Balaban J connectivity index is 3.07. The highest BCUT2D eigenvalue weighted by molar-refractivity contribution is 5.42. The fraction of sp³-hybridized carbons (Fsp3) is 0.455. The van der Waals surface area contributed by atoms with Gasteiger partial charge in [0.05, 0.1) is 26.4 Å². The van der Waals surface area contributed by atoms with Gasteiger partial charge >= 0.3 is 0 Å². The van der Waals surface area contributed by atoms with Gasteiger partial charge in [0.25, 0.3) is 0 Å². The van der Waals surface area contributed by atoms with Crippen LogP contribution in [-0.2, 0) is 0 Å². The number of hydrogen-bond donors (Lipinski definition) is 2. The molecule has 0 unspecified atom stereocenters. The van der Waals surface area contributed by atoms with Crippen LogP contribution in [0.2, 0.25) is 0 Å². The Morgan fingerprint density at radius 1 is 1.27 bits per heavy atom. The smallest absolute Gasteiger partial charge is 0.127 e. The maximum absolute atomic E-state index is 9.41. The third-order valence-corrected chi connectivity index (χ3v) is 2.32. The highest BCUT2D eigenvalue weighted by atomic mass is 16.5. The van der Waals surface area contributed by atoms with E-state index in [1.807, 2.05) is 0 Å². The van der Waals surface area contributed by atoms with Crippen LogP contribution in [0.25, 0.3) is 0 Å². The highest BCUT2D eigenvalue weighted by Gasteiger charge is 2.16. The Bertz CT molecular complexity index is 326. The molecule has 0 bridgehead atoms. The Kier molecular flexibility index (Phi) is 3.94. The van der Waals surface area contributed by atoms with Crippen molar-refractivity contribution in [1.29, 1.82) is 0 Å². The van der Waals surface area contributed by atoms with E-state index in [-0.39, 0.29) is 0 Å². The summed E-state index contributed by atoms with van der Waals surface area (Å²) in [7, 11) is 3.15. The summed E-state index contributed by atoms with van der Waals surface area (Å²) in [6.07, 6.45) is -0.618. The number of aliphatic hydroxyl groups excluding tert-OH is 1. The Morgan fingerprint density at radius 2 is 1.93 bits per heavy atom. The topological polar surface area (TPSA) is 64.7 Å². The molecule has 0 aromatic heterocycles. The second-order valence-electron chi connectivity index (χ2n) is 3.37. The van der Waals surface area contributed by atoms with Gasteiger partial charge in [0.1, 0.15) is 11.5 Å². The summed E-state index contributed by atoms with van der Waals surface area (Å²) in [4.78, 5) is 0. The summed E-state index contributed by atoms with van der Waals surface area (Å²) < 4.78 is 10.3. The van der Waals surface area contributed by atoms with Crippen molar-refractivity contribution in [3.8, 4) is 11.5 Å². The van der Waals surface area contributed by atoms with Gasteiger partial charge in [-0.25, -0.2) is 0 Å². The Morgan fingerprint density at radius 3 is 2.40 bits per heavy atom. The van der Waals surface area contributed by atoms with Crippen molar-refractivity contribution >= 4 is 0 Å². The first kappa shape index (κ1) is 11.8. The van der Waals surface area contributed by atoms with E-state index in [4.69, 9.17) is 15.2 Å². The molecular weight excluding hydrogens is 194 g/mol. The Hall–Kier alpha value is -1.26. The number of methoxy groups -OCH3 is 2. The quantitative estimate of drug-likeness (QED) is 0.782. The number of ether oxygens (including phenoxy) is 2. The van der Waals surface area contributed by atoms with Crippen molar-refractivity contribution in [2.24, 2.45) is 5.73 Å². The van der Waals surface area contributed by atoms with Gasteiger partial charge in [0.2, 0.25) is 0 Å². The van der Waals surface area contributed by atoms with Crippen LogP contribution in [0.3, 0.4) is 0 Å². The van der Waals surface area contributed by atoms with Crippen LogP contribution in [-0.4, -0.2) is 25.4 Å². The zero-order valence-corrected chi connectivity index (χ0v) is 9.23. The van der Waals surface area contributed by atoms with Crippen LogP contribution in [0.4, 0.5) is 0 Å². The zero-order valence-electron chi connectivity index (χ0n) is 9.23. The number of nitrogens with two attached hydrogens (primary N) is 1. The van der Waals surface area contributed by atoms with Crippen LogP contribution >= 0.6 is 0 Å². The van der Waals surface area contributed by atoms with Crippen molar-refractivity contribution in [1.82, 2.24) is 0 Å². The molecule has 4 nitrogen and oxygen atoms in total. The number of benzene rings is 1. The molecule has 0 fully saturated rings. The van der Waals surface area contributed by atoms with E-state index in [2.05, 4.69) is 0 Å². The van der Waals surface area contributed by atoms with Crippen LogP contribution in [0.15, 0.2) is 18.2 Å². The maximum Gasteiger partial charge on any atom is 0.127 e. The number of hydrogen-bond acceptors (Lipinski definition) is 4. The maximum atomic E-state index is 9.41. The lowest BCUT2D eigenvalue weighted by Gasteiger charge is -2.18.